The van der Waals surface area contributed by atoms with Crippen LogP contribution in [-0.2, 0) is 11.8 Å². The zero-order chi connectivity index (χ0) is 26.1. The molecule has 7 nitrogen and oxygen atoms in total. The molecule has 0 unspecified atom stereocenters. The molecule has 0 spiro atoms. The fourth-order valence-electron chi connectivity index (χ4n) is 6.31. The molecule has 0 N–H and O–H groups in total. The summed E-state index contributed by atoms with van der Waals surface area (Å²) in [5.74, 6) is 0.906. The summed E-state index contributed by atoms with van der Waals surface area (Å²) in [7, 11) is 3.63. The fraction of sp³-hybridized carbons (Fsp3) is 0.484. The molecule has 0 radical (unpaired) electrons. The Kier molecular flexibility index (Phi) is 7.22. The Morgan fingerprint density at radius 2 is 1.71 bits per heavy atom. The zero-order valence-electron chi connectivity index (χ0n) is 22.6. The summed E-state index contributed by atoms with van der Waals surface area (Å²) in [5, 5.41) is 1.02. The van der Waals surface area contributed by atoms with Gasteiger partial charge in [-0.25, -0.2) is 4.79 Å². The van der Waals surface area contributed by atoms with Crippen molar-refractivity contribution in [1.29, 1.82) is 0 Å². The SMILES string of the molecule is COC1CCC(n2c(=O)n(C)c3cnc4ccc(-c5ccc(OCCCN6CCCC6)cc5)cc4c32)CC1. The van der Waals surface area contributed by atoms with Crippen molar-refractivity contribution in [1.82, 2.24) is 19.0 Å². The van der Waals surface area contributed by atoms with E-state index < -0.39 is 0 Å². The summed E-state index contributed by atoms with van der Waals surface area (Å²) in [5.41, 5.74) is 5.04. The highest BCUT2D eigenvalue weighted by Crippen LogP contribution is 2.35. The van der Waals surface area contributed by atoms with Crippen LogP contribution in [0.1, 0.15) is 51.0 Å². The van der Waals surface area contributed by atoms with Crippen molar-refractivity contribution < 1.29 is 9.47 Å². The van der Waals surface area contributed by atoms with E-state index in [-0.39, 0.29) is 11.7 Å². The lowest BCUT2D eigenvalue weighted by atomic mass is 9.92. The molecular weight excluding hydrogens is 476 g/mol. The number of methoxy groups -OCH3 is 1. The number of imidazole rings is 1. The first kappa shape index (κ1) is 25.1. The minimum absolute atomic E-state index is 0.0341. The molecule has 0 amide bonds. The van der Waals surface area contributed by atoms with Crippen LogP contribution in [0.5, 0.6) is 5.75 Å². The van der Waals surface area contributed by atoms with Crippen molar-refractivity contribution in [2.75, 3.05) is 33.4 Å². The van der Waals surface area contributed by atoms with Crippen molar-refractivity contribution in [3.8, 4) is 16.9 Å². The molecule has 7 heteroatoms. The van der Waals surface area contributed by atoms with Gasteiger partial charge in [0.15, 0.2) is 0 Å². The van der Waals surface area contributed by atoms with Gasteiger partial charge in [0, 0.05) is 32.1 Å². The molecule has 1 aliphatic heterocycles. The number of fused-ring (bicyclic) bond motifs is 3. The average Bonchev–Trinajstić information content (AvgIpc) is 3.57. The molecule has 2 aliphatic rings. The van der Waals surface area contributed by atoms with E-state index in [0.29, 0.717) is 6.10 Å². The Hall–Kier alpha value is -3.16. The summed E-state index contributed by atoms with van der Waals surface area (Å²) in [6, 6.07) is 14.9. The Morgan fingerprint density at radius 1 is 0.974 bits per heavy atom. The molecule has 38 heavy (non-hydrogen) atoms. The highest BCUT2D eigenvalue weighted by atomic mass is 16.5. The quantitative estimate of drug-likeness (QED) is 0.289. The Bertz CT molecular complexity index is 1460. The van der Waals surface area contributed by atoms with Gasteiger partial charge in [0.1, 0.15) is 5.75 Å². The molecule has 1 saturated carbocycles. The van der Waals surface area contributed by atoms with Crippen LogP contribution in [0.15, 0.2) is 53.5 Å². The van der Waals surface area contributed by atoms with Crippen molar-refractivity contribution in [2.24, 2.45) is 7.05 Å². The van der Waals surface area contributed by atoms with E-state index >= 15 is 0 Å². The summed E-state index contributed by atoms with van der Waals surface area (Å²) < 4.78 is 15.4. The van der Waals surface area contributed by atoms with Crippen LogP contribution in [-0.4, -0.2) is 58.5 Å². The normalized spacial score (nSPS) is 20.5. The first-order valence-electron chi connectivity index (χ1n) is 14.1. The maximum Gasteiger partial charge on any atom is 0.329 e. The maximum absolute atomic E-state index is 13.4. The van der Waals surface area contributed by atoms with E-state index in [2.05, 4.69) is 47.4 Å². The van der Waals surface area contributed by atoms with E-state index in [1.165, 1.54) is 25.9 Å². The second-order valence-electron chi connectivity index (χ2n) is 10.9. The molecule has 4 aromatic rings. The lowest BCUT2D eigenvalue weighted by Gasteiger charge is -2.28. The highest BCUT2D eigenvalue weighted by molar-refractivity contribution is 6.04. The van der Waals surface area contributed by atoms with Crippen LogP contribution < -0.4 is 10.4 Å². The maximum atomic E-state index is 13.4. The molecule has 3 heterocycles. The minimum Gasteiger partial charge on any atom is -0.494 e. The third kappa shape index (κ3) is 4.85. The number of aromatic nitrogens is 3. The van der Waals surface area contributed by atoms with Crippen LogP contribution in [0.4, 0.5) is 0 Å². The van der Waals surface area contributed by atoms with Crippen LogP contribution >= 0.6 is 0 Å². The molecule has 0 atom stereocenters. The second-order valence-corrected chi connectivity index (χ2v) is 10.9. The van der Waals surface area contributed by atoms with E-state index in [4.69, 9.17) is 14.5 Å². The van der Waals surface area contributed by atoms with E-state index in [1.54, 1.807) is 11.7 Å². The Morgan fingerprint density at radius 3 is 2.45 bits per heavy atom. The van der Waals surface area contributed by atoms with Crippen LogP contribution in [0, 0.1) is 0 Å². The highest BCUT2D eigenvalue weighted by Gasteiger charge is 2.27. The van der Waals surface area contributed by atoms with Gasteiger partial charge in [0.05, 0.1) is 35.5 Å². The number of ether oxygens (including phenoxy) is 2. The van der Waals surface area contributed by atoms with E-state index in [1.807, 2.05) is 17.8 Å². The molecule has 6 rings (SSSR count). The summed E-state index contributed by atoms with van der Waals surface area (Å²) >= 11 is 0. The predicted molar refractivity (Wildman–Crippen MR) is 152 cm³/mol. The molecule has 2 aromatic carbocycles. The number of likely N-dealkylation sites (tertiary alicyclic amines) is 1. The van der Waals surface area contributed by atoms with Crippen LogP contribution in [0.2, 0.25) is 0 Å². The Labute approximate surface area is 224 Å². The van der Waals surface area contributed by atoms with Gasteiger partial charge in [-0.1, -0.05) is 18.2 Å². The molecule has 200 valence electrons. The number of benzene rings is 2. The monoisotopic (exact) mass is 514 g/mol. The fourth-order valence-corrected chi connectivity index (χ4v) is 6.31. The van der Waals surface area contributed by atoms with Gasteiger partial charge in [0.25, 0.3) is 0 Å². The van der Waals surface area contributed by atoms with E-state index in [9.17, 15) is 4.79 Å². The van der Waals surface area contributed by atoms with Crippen molar-refractivity contribution in [3.63, 3.8) is 0 Å². The molecule has 2 aromatic heterocycles. The minimum atomic E-state index is 0.0341. The number of hydrogen-bond acceptors (Lipinski definition) is 5. The smallest absolute Gasteiger partial charge is 0.329 e. The van der Waals surface area contributed by atoms with E-state index in [0.717, 1.165) is 84.1 Å². The lowest BCUT2D eigenvalue weighted by molar-refractivity contribution is 0.0585. The van der Waals surface area contributed by atoms with Gasteiger partial charge in [-0.15, -0.1) is 0 Å². The summed E-state index contributed by atoms with van der Waals surface area (Å²) in [6.45, 7) is 4.33. The topological polar surface area (TPSA) is 61.5 Å². The van der Waals surface area contributed by atoms with Crippen LogP contribution in [0.3, 0.4) is 0 Å². The number of rotatable bonds is 8. The third-order valence-corrected chi connectivity index (χ3v) is 8.53. The molecule has 1 saturated heterocycles. The summed E-state index contributed by atoms with van der Waals surface area (Å²) in [4.78, 5) is 20.6. The van der Waals surface area contributed by atoms with Gasteiger partial charge in [-0.05, 0) is 93.4 Å². The standard InChI is InChI=1S/C31H38N4O3/c1-33-29-21-32-28-15-8-23(22-6-11-26(12-7-22)38-19-5-18-34-16-3-4-17-34)20-27(28)30(29)35(31(33)36)24-9-13-25(37-2)14-10-24/h6-8,11-12,15,20-21,24-25H,3-5,9-10,13-14,16-19H2,1-2H3. The molecular formula is C31H38N4O3. The third-order valence-electron chi connectivity index (χ3n) is 8.53. The number of nitrogens with zero attached hydrogens (tertiary/aromatic N) is 4. The number of aryl methyl sites for hydroxylation is 1. The Balaban J connectivity index is 1.26. The predicted octanol–water partition coefficient (Wildman–Crippen LogP) is 5.55. The number of pyridine rings is 1. The second kappa shape index (κ2) is 10.9. The molecule has 1 aliphatic carbocycles. The largest absolute Gasteiger partial charge is 0.494 e. The first-order chi connectivity index (χ1) is 18.6. The van der Waals surface area contributed by atoms with Crippen molar-refractivity contribution in [2.45, 2.75) is 57.1 Å². The molecule has 0 bridgehead atoms. The molecule has 2 fully saturated rings. The van der Waals surface area contributed by atoms with Crippen LogP contribution in [0.25, 0.3) is 33.1 Å². The lowest BCUT2D eigenvalue weighted by Crippen LogP contribution is -2.30. The number of hydrogen-bond donors (Lipinski definition) is 0. The van der Waals surface area contributed by atoms with Gasteiger partial charge in [-0.2, -0.15) is 0 Å². The van der Waals surface area contributed by atoms with Crippen molar-refractivity contribution >= 4 is 21.9 Å². The van der Waals surface area contributed by atoms with Gasteiger partial charge in [0.2, 0.25) is 0 Å². The average molecular weight is 515 g/mol. The zero-order valence-corrected chi connectivity index (χ0v) is 22.6. The van der Waals surface area contributed by atoms with Crippen molar-refractivity contribution in [3.05, 3.63) is 59.1 Å². The van der Waals surface area contributed by atoms with Gasteiger partial charge in [-0.3, -0.25) is 14.1 Å². The van der Waals surface area contributed by atoms with Gasteiger partial charge < -0.3 is 14.4 Å². The summed E-state index contributed by atoms with van der Waals surface area (Å²) in [6.07, 6.45) is 9.69. The first-order valence-corrected chi connectivity index (χ1v) is 14.1. The van der Waals surface area contributed by atoms with Gasteiger partial charge >= 0.3 is 5.69 Å².